The summed E-state index contributed by atoms with van der Waals surface area (Å²) >= 11 is 0. The van der Waals surface area contributed by atoms with Crippen molar-refractivity contribution >= 4 is 5.97 Å². The van der Waals surface area contributed by atoms with Crippen molar-refractivity contribution in [1.82, 2.24) is 4.98 Å². The van der Waals surface area contributed by atoms with Gasteiger partial charge in [-0.15, -0.1) is 0 Å². The highest BCUT2D eigenvalue weighted by Gasteiger charge is 2.19. The molecule has 6 nitrogen and oxygen atoms in total. The van der Waals surface area contributed by atoms with Crippen LogP contribution in [-0.2, 0) is 6.54 Å². The summed E-state index contributed by atoms with van der Waals surface area (Å²) in [5.74, 6) is -4.40. The van der Waals surface area contributed by atoms with Gasteiger partial charge in [0.2, 0.25) is 0 Å². The molecule has 172 valence electrons. The average molecular weight is 462 g/mol. The second kappa shape index (κ2) is 9.68. The molecular weight excluding hydrogens is 442 g/mol. The lowest BCUT2D eigenvalue weighted by molar-refractivity contribution is 0.0693. The Morgan fingerprint density at radius 3 is 2.29 bits per heavy atom. The Morgan fingerprint density at radius 1 is 0.912 bits per heavy atom. The Labute approximate surface area is 194 Å². The summed E-state index contributed by atoms with van der Waals surface area (Å²) in [6.07, 6.45) is 0. The number of nitrogens with zero attached hydrogens (tertiary/aromatic N) is 1. The van der Waals surface area contributed by atoms with Gasteiger partial charge in [0.05, 0.1) is 0 Å². The standard InChI is InChI=1S/C26H20F2N2O4/c1-15-8-9-23(20(10-15)26(31)32)34-25-22(28)13-21(27)24(30-25)33-19-7-3-6-18(12-19)17-5-2-4-16(11-17)14-29/h2-13H,14,29H2,1H3,(H,31,32). The molecule has 0 saturated heterocycles. The van der Waals surface area contributed by atoms with Crippen LogP contribution in [0.25, 0.3) is 11.1 Å². The molecule has 0 bridgehead atoms. The Morgan fingerprint density at radius 2 is 1.59 bits per heavy atom. The lowest BCUT2D eigenvalue weighted by Gasteiger charge is -2.12. The van der Waals surface area contributed by atoms with Gasteiger partial charge in [0, 0.05) is 12.6 Å². The molecule has 0 radical (unpaired) electrons. The van der Waals surface area contributed by atoms with Gasteiger partial charge in [-0.3, -0.25) is 0 Å². The summed E-state index contributed by atoms with van der Waals surface area (Å²) in [7, 11) is 0. The summed E-state index contributed by atoms with van der Waals surface area (Å²) in [6, 6.07) is 19.4. The summed E-state index contributed by atoms with van der Waals surface area (Å²) in [5.41, 5.74) is 8.86. The van der Waals surface area contributed by atoms with Crippen molar-refractivity contribution in [2.75, 3.05) is 0 Å². The lowest BCUT2D eigenvalue weighted by atomic mass is 10.0. The highest BCUT2D eigenvalue weighted by molar-refractivity contribution is 5.91. The number of halogens is 2. The normalized spacial score (nSPS) is 10.7. The van der Waals surface area contributed by atoms with E-state index in [4.69, 9.17) is 15.2 Å². The number of aryl methyl sites for hydroxylation is 1. The van der Waals surface area contributed by atoms with E-state index >= 15 is 0 Å². The summed E-state index contributed by atoms with van der Waals surface area (Å²) in [6.45, 7) is 2.10. The van der Waals surface area contributed by atoms with Crippen LogP contribution in [0.15, 0.2) is 72.8 Å². The number of nitrogens with two attached hydrogens (primary N) is 1. The zero-order valence-electron chi connectivity index (χ0n) is 18.1. The summed E-state index contributed by atoms with van der Waals surface area (Å²) in [4.78, 5) is 15.3. The predicted molar refractivity (Wildman–Crippen MR) is 122 cm³/mol. The van der Waals surface area contributed by atoms with Crippen molar-refractivity contribution in [2.24, 2.45) is 5.73 Å². The number of carboxylic acids is 1. The molecule has 1 heterocycles. The Bertz CT molecular complexity index is 1380. The predicted octanol–water partition coefficient (Wildman–Crippen LogP) is 6.08. The van der Waals surface area contributed by atoms with Gasteiger partial charge in [-0.1, -0.05) is 42.0 Å². The first-order valence-corrected chi connectivity index (χ1v) is 10.3. The van der Waals surface area contributed by atoms with Crippen LogP contribution < -0.4 is 15.2 Å². The van der Waals surface area contributed by atoms with Crippen LogP contribution >= 0.6 is 0 Å². The van der Waals surface area contributed by atoms with Crippen LogP contribution in [0.2, 0.25) is 0 Å². The van der Waals surface area contributed by atoms with E-state index in [1.165, 1.54) is 12.1 Å². The van der Waals surface area contributed by atoms with E-state index in [2.05, 4.69) is 4.98 Å². The maximum Gasteiger partial charge on any atom is 0.339 e. The molecule has 4 rings (SSSR count). The van der Waals surface area contributed by atoms with Crippen LogP contribution in [-0.4, -0.2) is 16.1 Å². The van der Waals surface area contributed by atoms with E-state index in [0.29, 0.717) is 18.2 Å². The minimum Gasteiger partial charge on any atom is -0.478 e. The van der Waals surface area contributed by atoms with Crippen molar-refractivity contribution in [2.45, 2.75) is 13.5 Å². The molecule has 0 atom stereocenters. The Kier molecular flexibility index (Phi) is 6.51. The smallest absolute Gasteiger partial charge is 0.339 e. The summed E-state index contributed by atoms with van der Waals surface area (Å²) in [5, 5.41) is 9.40. The van der Waals surface area contributed by atoms with Gasteiger partial charge in [-0.05, 0) is 53.9 Å². The second-order valence-corrected chi connectivity index (χ2v) is 7.50. The van der Waals surface area contributed by atoms with E-state index < -0.39 is 29.4 Å². The number of carbonyl (C=O) groups is 1. The first-order valence-electron chi connectivity index (χ1n) is 10.3. The van der Waals surface area contributed by atoms with Crippen molar-refractivity contribution < 1.29 is 28.2 Å². The first-order chi connectivity index (χ1) is 16.3. The van der Waals surface area contributed by atoms with Crippen molar-refractivity contribution in [3.63, 3.8) is 0 Å². The molecule has 4 aromatic rings. The maximum absolute atomic E-state index is 14.4. The number of hydrogen-bond donors (Lipinski definition) is 2. The molecule has 0 fully saturated rings. The van der Waals surface area contributed by atoms with Gasteiger partial charge < -0.3 is 20.3 Å². The summed E-state index contributed by atoms with van der Waals surface area (Å²) < 4.78 is 39.8. The van der Waals surface area contributed by atoms with E-state index in [-0.39, 0.29) is 17.1 Å². The van der Waals surface area contributed by atoms with Crippen molar-refractivity contribution in [1.29, 1.82) is 0 Å². The van der Waals surface area contributed by atoms with E-state index in [1.807, 2.05) is 30.3 Å². The molecule has 34 heavy (non-hydrogen) atoms. The van der Waals surface area contributed by atoms with Crippen LogP contribution in [0.3, 0.4) is 0 Å². The quantitative estimate of drug-likeness (QED) is 0.346. The molecule has 3 N–H and O–H groups in total. The molecule has 8 heteroatoms. The number of benzene rings is 3. The molecule has 0 aliphatic heterocycles. The SMILES string of the molecule is Cc1ccc(Oc2nc(Oc3cccc(-c4cccc(CN)c4)c3)c(F)cc2F)c(C(=O)O)c1. The van der Waals surface area contributed by atoms with E-state index in [9.17, 15) is 18.7 Å². The zero-order chi connectivity index (χ0) is 24.2. The molecule has 0 amide bonds. The van der Waals surface area contributed by atoms with Gasteiger partial charge in [0.1, 0.15) is 17.1 Å². The Balaban J connectivity index is 1.64. The van der Waals surface area contributed by atoms with Crippen molar-refractivity contribution in [3.8, 4) is 34.4 Å². The number of hydrogen-bond acceptors (Lipinski definition) is 5. The molecule has 0 aliphatic rings. The molecule has 0 spiro atoms. The fraction of sp³-hybridized carbons (Fsp3) is 0.0769. The number of aromatic carboxylic acids is 1. The monoisotopic (exact) mass is 462 g/mol. The minimum atomic E-state index is -1.26. The van der Waals surface area contributed by atoms with Gasteiger partial charge in [-0.25, -0.2) is 13.6 Å². The van der Waals surface area contributed by atoms with Crippen LogP contribution in [0.5, 0.6) is 23.3 Å². The van der Waals surface area contributed by atoms with Gasteiger partial charge in [0.15, 0.2) is 11.6 Å². The molecular formula is C26H20F2N2O4. The number of carboxylic acid groups (broad SMARTS) is 1. The van der Waals surface area contributed by atoms with E-state index in [1.54, 1.807) is 31.2 Å². The van der Waals surface area contributed by atoms with Crippen LogP contribution in [0.1, 0.15) is 21.5 Å². The molecule has 0 unspecified atom stereocenters. The fourth-order valence-electron chi connectivity index (χ4n) is 3.31. The topological polar surface area (TPSA) is 94.7 Å². The first kappa shape index (κ1) is 22.9. The Hall–Kier alpha value is -4.30. The second-order valence-electron chi connectivity index (χ2n) is 7.50. The minimum absolute atomic E-state index is 0.135. The largest absolute Gasteiger partial charge is 0.478 e. The van der Waals surface area contributed by atoms with Gasteiger partial charge in [0.25, 0.3) is 11.8 Å². The van der Waals surface area contributed by atoms with Crippen LogP contribution in [0.4, 0.5) is 8.78 Å². The van der Waals surface area contributed by atoms with Crippen molar-refractivity contribution in [3.05, 3.63) is 101 Å². The van der Waals surface area contributed by atoms with Gasteiger partial charge in [-0.2, -0.15) is 4.98 Å². The van der Waals surface area contributed by atoms with E-state index in [0.717, 1.165) is 16.7 Å². The maximum atomic E-state index is 14.4. The third kappa shape index (κ3) is 5.02. The molecule has 0 saturated carbocycles. The highest BCUT2D eigenvalue weighted by atomic mass is 19.1. The fourth-order valence-corrected chi connectivity index (χ4v) is 3.31. The molecule has 3 aromatic carbocycles. The third-order valence-electron chi connectivity index (χ3n) is 4.98. The lowest BCUT2D eigenvalue weighted by Crippen LogP contribution is -2.03. The van der Waals surface area contributed by atoms with Crippen LogP contribution in [0, 0.1) is 18.6 Å². The molecule has 1 aromatic heterocycles. The average Bonchev–Trinajstić information content (AvgIpc) is 2.83. The molecule has 0 aliphatic carbocycles. The third-order valence-corrected chi connectivity index (χ3v) is 4.98. The number of rotatable bonds is 7. The van der Waals surface area contributed by atoms with Gasteiger partial charge >= 0.3 is 5.97 Å². The number of ether oxygens (including phenoxy) is 2. The number of pyridine rings is 1. The highest BCUT2D eigenvalue weighted by Crippen LogP contribution is 2.33. The number of aromatic nitrogens is 1. The zero-order valence-corrected chi connectivity index (χ0v) is 18.1.